The lowest BCUT2D eigenvalue weighted by Gasteiger charge is -2.27. The van der Waals surface area contributed by atoms with Crippen LogP contribution in [-0.2, 0) is 10.4 Å². The fourth-order valence-electron chi connectivity index (χ4n) is 3.50. The average molecular weight is 381 g/mol. The molecule has 2 fully saturated rings. The molecule has 0 saturated heterocycles. The summed E-state index contributed by atoms with van der Waals surface area (Å²) in [5, 5.41) is 10.6. The average Bonchev–Trinajstić information content (AvgIpc) is 2.91. The summed E-state index contributed by atoms with van der Waals surface area (Å²) in [6.07, 6.45) is 13.1. The summed E-state index contributed by atoms with van der Waals surface area (Å²) in [5.41, 5.74) is 0.485. The van der Waals surface area contributed by atoms with E-state index in [0.717, 1.165) is 61.4 Å². The number of carbonyl (C=O) groups excluding carboxylic acids is 1. The molecular weight excluding hydrogens is 352 g/mol. The van der Waals surface area contributed by atoms with Gasteiger partial charge >= 0.3 is 0 Å². The van der Waals surface area contributed by atoms with Crippen molar-refractivity contribution in [2.45, 2.75) is 82.7 Å². The van der Waals surface area contributed by atoms with Gasteiger partial charge in [0.05, 0.1) is 5.60 Å². The zero-order valence-electron chi connectivity index (χ0n) is 14.0. The Balaban J connectivity index is 0.000000203. The molecule has 0 radical (unpaired) electrons. The molecule has 2 aliphatic carbocycles. The molecule has 23 heavy (non-hydrogen) atoms. The van der Waals surface area contributed by atoms with E-state index >= 15 is 0 Å². The number of ketones is 1. The minimum atomic E-state index is -0.583. The normalized spacial score (nSPS) is 21.6. The van der Waals surface area contributed by atoms with Gasteiger partial charge in [-0.15, -0.1) is 0 Å². The van der Waals surface area contributed by atoms with Crippen LogP contribution in [-0.4, -0.2) is 10.9 Å². The molecule has 0 bridgehead atoms. The summed E-state index contributed by atoms with van der Waals surface area (Å²) in [6.45, 7) is 0. The Morgan fingerprint density at radius 3 is 2.00 bits per heavy atom. The van der Waals surface area contributed by atoms with Gasteiger partial charge in [-0.05, 0) is 43.4 Å². The van der Waals surface area contributed by atoms with Crippen LogP contribution < -0.4 is 0 Å². The lowest BCUT2D eigenvalue weighted by atomic mass is 9.87. The largest absolute Gasteiger partial charge is 0.385 e. The van der Waals surface area contributed by atoms with Crippen molar-refractivity contribution < 1.29 is 9.90 Å². The fourth-order valence-corrected chi connectivity index (χ4v) is 3.90. The van der Waals surface area contributed by atoms with Gasteiger partial charge in [0.1, 0.15) is 5.78 Å². The Bertz CT molecular complexity index is 480. The van der Waals surface area contributed by atoms with E-state index < -0.39 is 5.60 Å². The summed E-state index contributed by atoms with van der Waals surface area (Å²) < 4.78 is 1.05. The van der Waals surface area contributed by atoms with E-state index in [-0.39, 0.29) is 0 Å². The Labute approximate surface area is 148 Å². The Morgan fingerprint density at radius 2 is 1.43 bits per heavy atom. The first kappa shape index (κ1) is 18.7. The molecule has 0 unspecified atom stereocenters. The molecular formula is C20H29BrO2. The van der Waals surface area contributed by atoms with Gasteiger partial charge in [0, 0.05) is 17.3 Å². The van der Waals surface area contributed by atoms with Crippen LogP contribution in [0.25, 0.3) is 0 Å². The van der Waals surface area contributed by atoms with E-state index in [4.69, 9.17) is 0 Å². The molecule has 0 heterocycles. The van der Waals surface area contributed by atoms with E-state index in [2.05, 4.69) is 15.9 Å². The lowest BCUT2D eigenvalue weighted by molar-refractivity contribution is -0.118. The monoisotopic (exact) mass is 380 g/mol. The van der Waals surface area contributed by atoms with E-state index in [1.54, 1.807) is 0 Å². The quantitative estimate of drug-likeness (QED) is 0.615. The number of benzene rings is 1. The third-order valence-electron chi connectivity index (χ3n) is 4.95. The molecule has 2 nitrogen and oxygen atoms in total. The van der Waals surface area contributed by atoms with Crippen LogP contribution in [0, 0.1) is 0 Å². The van der Waals surface area contributed by atoms with Gasteiger partial charge in [0.25, 0.3) is 0 Å². The van der Waals surface area contributed by atoms with Crippen molar-refractivity contribution in [3.63, 3.8) is 0 Å². The molecule has 1 aromatic carbocycles. The summed E-state index contributed by atoms with van der Waals surface area (Å²) in [7, 11) is 0. The summed E-state index contributed by atoms with van der Waals surface area (Å²) in [4.78, 5) is 10.7. The van der Waals surface area contributed by atoms with Crippen LogP contribution in [0.15, 0.2) is 28.7 Å². The number of Topliss-reactive ketones (excluding diaryl/α,β-unsaturated/α-hetero) is 1. The van der Waals surface area contributed by atoms with Gasteiger partial charge in [0.15, 0.2) is 0 Å². The van der Waals surface area contributed by atoms with Gasteiger partial charge in [-0.25, -0.2) is 0 Å². The molecule has 0 aromatic heterocycles. The summed E-state index contributed by atoms with van der Waals surface area (Å²) in [6, 6.07) is 8.09. The molecule has 0 spiro atoms. The maximum absolute atomic E-state index is 10.7. The summed E-state index contributed by atoms with van der Waals surface area (Å²) in [5.74, 6) is 0.475. The van der Waals surface area contributed by atoms with Crippen LogP contribution in [0.2, 0.25) is 0 Å². The second kappa shape index (κ2) is 9.58. The first-order valence-corrected chi connectivity index (χ1v) is 9.90. The zero-order chi connectivity index (χ0) is 16.5. The van der Waals surface area contributed by atoms with E-state index in [1.807, 2.05) is 24.3 Å². The second-order valence-electron chi connectivity index (χ2n) is 6.91. The predicted molar refractivity (Wildman–Crippen MR) is 98.4 cm³/mol. The standard InChI is InChI=1S/C13H17BrO.C7H12O/c14-12-7-5-6-11(10-12)13(15)8-3-1-2-4-9-13;8-7-5-3-1-2-4-6-7/h5-7,10,15H,1-4,8-9H2;1-6H2. The lowest BCUT2D eigenvalue weighted by Crippen LogP contribution is -2.24. The second-order valence-corrected chi connectivity index (χ2v) is 7.82. The molecule has 3 heteroatoms. The van der Waals surface area contributed by atoms with Crippen molar-refractivity contribution in [2.75, 3.05) is 0 Å². The maximum Gasteiger partial charge on any atom is 0.132 e. The maximum atomic E-state index is 10.7. The smallest absolute Gasteiger partial charge is 0.132 e. The molecule has 0 atom stereocenters. The number of hydrogen-bond acceptors (Lipinski definition) is 2. The van der Waals surface area contributed by atoms with Crippen molar-refractivity contribution in [2.24, 2.45) is 0 Å². The third kappa shape index (κ3) is 6.39. The van der Waals surface area contributed by atoms with Crippen molar-refractivity contribution >= 4 is 21.7 Å². The SMILES string of the molecule is O=C1CCCCCC1.OC1(c2cccc(Br)c2)CCCCCC1. The van der Waals surface area contributed by atoms with Gasteiger partial charge in [-0.1, -0.05) is 66.6 Å². The summed E-state index contributed by atoms with van der Waals surface area (Å²) >= 11 is 3.46. The first-order chi connectivity index (χ1) is 11.1. The molecule has 2 aliphatic rings. The van der Waals surface area contributed by atoms with Crippen molar-refractivity contribution in [3.8, 4) is 0 Å². The highest BCUT2D eigenvalue weighted by Crippen LogP contribution is 2.36. The highest BCUT2D eigenvalue weighted by Gasteiger charge is 2.29. The van der Waals surface area contributed by atoms with Crippen LogP contribution in [0.4, 0.5) is 0 Å². The zero-order valence-corrected chi connectivity index (χ0v) is 15.6. The number of halogens is 1. The van der Waals surface area contributed by atoms with E-state index in [0.29, 0.717) is 5.78 Å². The highest BCUT2D eigenvalue weighted by molar-refractivity contribution is 9.10. The molecule has 0 amide bonds. The fraction of sp³-hybridized carbons (Fsp3) is 0.650. The van der Waals surface area contributed by atoms with Crippen molar-refractivity contribution in [1.29, 1.82) is 0 Å². The van der Waals surface area contributed by atoms with Gasteiger partial charge < -0.3 is 5.11 Å². The molecule has 1 N–H and O–H groups in total. The van der Waals surface area contributed by atoms with E-state index in [1.165, 1.54) is 25.7 Å². The van der Waals surface area contributed by atoms with Crippen LogP contribution in [0.1, 0.15) is 82.6 Å². The number of aliphatic hydroxyl groups is 1. The number of hydrogen-bond donors (Lipinski definition) is 1. The molecule has 2 saturated carbocycles. The minimum Gasteiger partial charge on any atom is -0.385 e. The topological polar surface area (TPSA) is 37.3 Å². The predicted octanol–water partition coefficient (Wildman–Crippen LogP) is 5.90. The first-order valence-electron chi connectivity index (χ1n) is 9.10. The van der Waals surface area contributed by atoms with Crippen molar-refractivity contribution in [1.82, 2.24) is 0 Å². The Hall–Kier alpha value is -0.670. The molecule has 3 rings (SSSR count). The van der Waals surface area contributed by atoms with Crippen LogP contribution in [0.3, 0.4) is 0 Å². The molecule has 0 aliphatic heterocycles. The number of carbonyl (C=O) groups is 1. The van der Waals surface area contributed by atoms with Gasteiger partial charge in [-0.2, -0.15) is 0 Å². The van der Waals surface area contributed by atoms with Gasteiger partial charge in [-0.3, -0.25) is 4.79 Å². The van der Waals surface area contributed by atoms with E-state index in [9.17, 15) is 9.90 Å². The van der Waals surface area contributed by atoms with Crippen molar-refractivity contribution in [3.05, 3.63) is 34.3 Å². The molecule has 128 valence electrons. The highest BCUT2D eigenvalue weighted by atomic mass is 79.9. The van der Waals surface area contributed by atoms with Crippen LogP contribution >= 0.6 is 15.9 Å². The minimum absolute atomic E-state index is 0.475. The third-order valence-corrected chi connectivity index (χ3v) is 5.45. The molecule has 1 aromatic rings. The Morgan fingerprint density at radius 1 is 0.870 bits per heavy atom. The Kier molecular flexibility index (Phi) is 7.78. The van der Waals surface area contributed by atoms with Gasteiger partial charge in [0.2, 0.25) is 0 Å². The number of rotatable bonds is 1. The van der Waals surface area contributed by atoms with Crippen LogP contribution in [0.5, 0.6) is 0 Å².